The molecule has 0 saturated carbocycles. The number of sulfonamides is 1. The number of fused-ring (bicyclic) bond motifs is 1. The molecule has 0 atom stereocenters. The molecule has 0 spiro atoms. The maximum absolute atomic E-state index is 13.4. The third-order valence-electron chi connectivity index (χ3n) is 5.49. The minimum Gasteiger partial charge on any atom is -0.494 e. The van der Waals surface area contributed by atoms with Crippen LogP contribution in [0, 0.1) is 0 Å². The van der Waals surface area contributed by atoms with Gasteiger partial charge in [-0.05, 0) is 54.8 Å². The molecule has 0 aliphatic heterocycles. The van der Waals surface area contributed by atoms with Crippen molar-refractivity contribution in [3.8, 4) is 11.5 Å². The average molecular weight is 505 g/mol. The van der Waals surface area contributed by atoms with Gasteiger partial charge in [-0.2, -0.15) is 0 Å². The molecule has 0 fully saturated rings. The van der Waals surface area contributed by atoms with E-state index in [0.717, 1.165) is 20.8 Å². The normalized spacial score (nSPS) is 11.1. The molecular weight excluding hydrogens is 476 g/mol. The highest BCUT2D eigenvalue weighted by Crippen LogP contribution is 2.26. The minimum absolute atomic E-state index is 0.103. The van der Waals surface area contributed by atoms with Crippen LogP contribution in [0.1, 0.15) is 6.92 Å². The summed E-state index contributed by atoms with van der Waals surface area (Å²) in [5.41, 5.74) is 0.365. The first-order chi connectivity index (χ1) is 17.5. The van der Waals surface area contributed by atoms with Crippen LogP contribution in [0.4, 0.5) is 5.69 Å². The van der Waals surface area contributed by atoms with E-state index in [2.05, 4.69) is 5.32 Å². The third kappa shape index (κ3) is 5.95. The summed E-state index contributed by atoms with van der Waals surface area (Å²) in [6.07, 6.45) is 0. The summed E-state index contributed by atoms with van der Waals surface area (Å²) in [5.74, 6) is 0.906. The Hall–Kier alpha value is -4.04. The largest absolute Gasteiger partial charge is 0.494 e. The first kappa shape index (κ1) is 25.1. The van der Waals surface area contributed by atoms with Crippen molar-refractivity contribution in [3.05, 3.63) is 97.1 Å². The van der Waals surface area contributed by atoms with Crippen molar-refractivity contribution in [2.45, 2.75) is 11.8 Å². The number of ether oxygens (including phenoxy) is 2. The minimum atomic E-state index is -3.97. The maximum Gasteiger partial charge on any atom is 0.264 e. The SMILES string of the molecule is CCOc1ccc(N(CC(=O)NCCOc2cccc3ccccc23)S(=O)(=O)c2ccccc2)cc1. The quantitative estimate of drug-likeness (QED) is 0.301. The zero-order chi connectivity index (χ0) is 25.4. The molecule has 36 heavy (non-hydrogen) atoms. The Morgan fingerprint density at radius 3 is 2.28 bits per heavy atom. The van der Waals surface area contributed by atoms with Crippen LogP contribution in [0.3, 0.4) is 0 Å². The molecule has 4 rings (SSSR count). The Morgan fingerprint density at radius 2 is 1.53 bits per heavy atom. The van der Waals surface area contributed by atoms with E-state index >= 15 is 0 Å². The van der Waals surface area contributed by atoms with Crippen molar-refractivity contribution in [1.29, 1.82) is 0 Å². The predicted octanol–water partition coefficient (Wildman–Crippen LogP) is 4.63. The summed E-state index contributed by atoms with van der Waals surface area (Å²) in [6.45, 7) is 2.46. The van der Waals surface area contributed by atoms with E-state index in [4.69, 9.17) is 9.47 Å². The van der Waals surface area contributed by atoms with Crippen molar-refractivity contribution in [1.82, 2.24) is 5.32 Å². The third-order valence-corrected chi connectivity index (χ3v) is 7.27. The van der Waals surface area contributed by atoms with Crippen molar-refractivity contribution < 1.29 is 22.7 Å². The highest BCUT2D eigenvalue weighted by Gasteiger charge is 2.27. The molecule has 1 amide bonds. The summed E-state index contributed by atoms with van der Waals surface area (Å²) >= 11 is 0. The number of carbonyl (C=O) groups is 1. The number of nitrogens with zero attached hydrogens (tertiary/aromatic N) is 1. The molecule has 0 aliphatic carbocycles. The second-order valence-corrected chi connectivity index (χ2v) is 9.79. The predicted molar refractivity (Wildman–Crippen MR) is 141 cm³/mol. The first-order valence-electron chi connectivity index (χ1n) is 11.7. The zero-order valence-electron chi connectivity index (χ0n) is 20.0. The number of rotatable bonds is 11. The molecule has 7 nitrogen and oxygen atoms in total. The molecule has 0 aromatic heterocycles. The van der Waals surface area contributed by atoms with E-state index < -0.39 is 15.9 Å². The number of benzene rings is 4. The molecule has 0 heterocycles. The highest BCUT2D eigenvalue weighted by molar-refractivity contribution is 7.92. The number of carbonyl (C=O) groups excluding carboxylic acids is 1. The highest BCUT2D eigenvalue weighted by atomic mass is 32.2. The Morgan fingerprint density at radius 1 is 0.833 bits per heavy atom. The zero-order valence-corrected chi connectivity index (χ0v) is 20.8. The molecule has 0 radical (unpaired) electrons. The molecular formula is C28H28N2O5S. The van der Waals surface area contributed by atoms with Crippen LogP contribution in [-0.4, -0.2) is 40.6 Å². The van der Waals surface area contributed by atoms with Crippen LogP contribution in [0.25, 0.3) is 10.8 Å². The Kier molecular flexibility index (Phi) is 8.07. The maximum atomic E-state index is 13.4. The van der Waals surface area contributed by atoms with Gasteiger partial charge in [0.15, 0.2) is 0 Å². The van der Waals surface area contributed by atoms with Gasteiger partial charge >= 0.3 is 0 Å². The number of amides is 1. The van der Waals surface area contributed by atoms with E-state index in [1.54, 1.807) is 42.5 Å². The lowest BCUT2D eigenvalue weighted by Gasteiger charge is -2.24. The topological polar surface area (TPSA) is 84.9 Å². The van der Waals surface area contributed by atoms with Crippen LogP contribution in [0.2, 0.25) is 0 Å². The monoisotopic (exact) mass is 504 g/mol. The second kappa shape index (κ2) is 11.6. The van der Waals surface area contributed by atoms with Gasteiger partial charge in [-0.1, -0.05) is 54.6 Å². The van der Waals surface area contributed by atoms with Gasteiger partial charge in [0.25, 0.3) is 10.0 Å². The molecule has 0 aliphatic rings. The van der Waals surface area contributed by atoms with Gasteiger partial charge in [-0.15, -0.1) is 0 Å². The first-order valence-corrected chi connectivity index (χ1v) is 13.1. The van der Waals surface area contributed by atoms with Crippen LogP contribution < -0.4 is 19.1 Å². The van der Waals surface area contributed by atoms with Crippen molar-refractivity contribution >= 4 is 32.4 Å². The van der Waals surface area contributed by atoms with Gasteiger partial charge in [-0.3, -0.25) is 9.10 Å². The van der Waals surface area contributed by atoms with Crippen molar-refractivity contribution in [2.75, 3.05) is 30.6 Å². The second-order valence-electron chi connectivity index (χ2n) is 7.93. The summed E-state index contributed by atoms with van der Waals surface area (Å²) in [6, 6.07) is 28.4. The molecule has 0 unspecified atom stereocenters. The van der Waals surface area contributed by atoms with Gasteiger partial charge in [0, 0.05) is 5.39 Å². The lowest BCUT2D eigenvalue weighted by atomic mass is 10.1. The van der Waals surface area contributed by atoms with Crippen molar-refractivity contribution in [3.63, 3.8) is 0 Å². The van der Waals surface area contributed by atoms with Crippen LogP contribution >= 0.6 is 0 Å². The summed E-state index contributed by atoms with van der Waals surface area (Å²) in [4.78, 5) is 12.9. The smallest absolute Gasteiger partial charge is 0.264 e. The van der Waals surface area contributed by atoms with Gasteiger partial charge < -0.3 is 14.8 Å². The molecule has 0 bridgehead atoms. The summed E-state index contributed by atoms with van der Waals surface area (Å²) in [7, 11) is -3.97. The fourth-order valence-electron chi connectivity index (χ4n) is 3.77. The molecule has 186 valence electrons. The molecule has 4 aromatic rings. The van der Waals surface area contributed by atoms with Gasteiger partial charge in [-0.25, -0.2) is 8.42 Å². The van der Waals surface area contributed by atoms with E-state index in [9.17, 15) is 13.2 Å². The standard InChI is InChI=1S/C28H28N2O5S/c1-2-34-24-17-15-23(16-18-24)30(36(32,33)25-11-4-3-5-12-25)21-28(31)29-19-20-35-27-14-8-10-22-9-6-7-13-26(22)27/h3-18H,2,19-21H2,1H3,(H,29,31). The van der Waals surface area contributed by atoms with Gasteiger partial charge in [0.1, 0.15) is 24.7 Å². The fraction of sp³-hybridized carbons (Fsp3) is 0.179. The molecule has 4 aromatic carbocycles. The molecule has 1 N–H and O–H groups in total. The lowest BCUT2D eigenvalue weighted by Crippen LogP contribution is -2.41. The van der Waals surface area contributed by atoms with Gasteiger partial charge in [0.2, 0.25) is 5.91 Å². The van der Waals surface area contributed by atoms with E-state index in [1.165, 1.54) is 12.1 Å². The number of anilines is 1. The van der Waals surface area contributed by atoms with E-state index in [1.807, 2.05) is 49.4 Å². The number of hydrogen-bond donors (Lipinski definition) is 1. The number of nitrogens with one attached hydrogen (secondary N) is 1. The molecule has 0 saturated heterocycles. The van der Waals surface area contributed by atoms with Crippen LogP contribution in [0.5, 0.6) is 11.5 Å². The summed E-state index contributed by atoms with van der Waals surface area (Å²) < 4.78 is 39.2. The van der Waals surface area contributed by atoms with Crippen LogP contribution in [0.15, 0.2) is 102 Å². The Labute approximate surface area is 211 Å². The van der Waals surface area contributed by atoms with E-state index in [-0.39, 0.29) is 24.6 Å². The fourth-order valence-corrected chi connectivity index (χ4v) is 5.21. The Bertz CT molecular complexity index is 1400. The molecule has 8 heteroatoms. The summed E-state index contributed by atoms with van der Waals surface area (Å²) in [5, 5.41) is 4.82. The average Bonchev–Trinajstić information content (AvgIpc) is 2.91. The van der Waals surface area contributed by atoms with Crippen LogP contribution in [-0.2, 0) is 14.8 Å². The lowest BCUT2D eigenvalue weighted by molar-refractivity contribution is -0.119. The van der Waals surface area contributed by atoms with E-state index in [0.29, 0.717) is 18.0 Å². The van der Waals surface area contributed by atoms with Gasteiger partial charge in [0.05, 0.1) is 23.7 Å². The Balaban J connectivity index is 1.44. The number of hydrogen-bond acceptors (Lipinski definition) is 5. The van der Waals surface area contributed by atoms with Crippen molar-refractivity contribution in [2.24, 2.45) is 0 Å².